The molecule has 0 unspecified atom stereocenters. The minimum atomic E-state index is -0.976. The summed E-state index contributed by atoms with van der Waals surface area (Å²) in [5.41, 5.74) is 3.55. The normalized spacial score (nSPS) is 11.1. The molecule has 1 heterocycles. The van der Waals surface area contributed by atoms with E-state index in [9.17, 15) is 9.90 Å². The summed E-state index contributed by atoms with van der Waals surface area (Å²) in [4.78, 5) is 15.5. The number of rotatable bonds is 9. The molecule has 1 aromatic heterocycles. The topological polar surface area (TPSA) is 71.5 Å². The number of carbonyl (C=O) groups is 1. The van der Waals surface area contributed by atoms with Gasteiger partial charge in [-0.05, 0) is 48.1 Å². The van der Waals surface area contributed by atoms with E-state index in [-0.39, 0.29) is 5.69 Å². The Balaban J connectivity index is 1.29. The second-order valence-electron chi connectivity index (χ2n) is 9.35. The number of para-hydroxylation sites is 3. The number of aromatic carboxylic acids is 1. The molecule has 0 atom stereocenters. The molecule has 0 spiro atoms. The van der Waals surface area contributed by atoms with Crippen LogP contribution < -0.4 is 9.47 Å². The van der Waals surface area contributed by atoms with Crippen molar-refractivity contribution in [3.05, 3.63) is 127 Å². The molecule has 39 heavy (non-hydrogen) atoms. The number of hydrogen-bond donors (Lipinski definition) is 2. The van der Waals surface area contributed by atoms with Crippen LogP contribution in [0.2, 0.25) is 0 Å². The largest absolute Gasteiger partial charge is 0.493 e. The van der Waals surface area contributed by atoms with Gasteiger partial charge in [-0.2, -0.15) is 0 Å². The number of H-pyrrole nitrogens is 1. The summed E-state index contributed by atoms with van der Waals surface area (Å²) >= 11 is 0. The highest BCUT2D eigenvalue weighted by Gasteiger charge is 2.20. The SMILES string of the molecule is O=C(O)c1[nH]c2c(-c3ccccc3Oc3ccccc3)cccc2c1CCCOc1cccc2ccccc12. The number of aromatic amines is 1. The van der Waals surface area contributed by atoms with Gasteiger partial charge in [0.25, 0.3) is 0 Å². The number of benzene rings is 5. The number of aromatic nitrogens is 1. The molecule has 0 saturated heterocycles. The van der Waals surface area contributed by atoms with Crippen LogP contribution >= 0.6 is 0 Å². The summed E-state index contributed by atoms with van der Waals surface area (Å²) in [7, 11) is 0. The van der Waals surface area contributed by atoms with E-state index in [1.54, 1.807) is 0 Å². The van der Waals surface area contributed by atoms with Crippen molar-refractivity contribution in [2.24, 2.45) is 0 Å². The zero-order chi connectivity index (χ0) is 26.6. The van der Waals surface area contributed by atoms with Crippen LogP contribution in [0.3, 0.4) is 0 Å². The molecule has 6 rings (SSSR count). The number of carboxylic acids is 1. The molecule has 0 saturated carbocycles. The Hall–Kier alpha value is -5.03. The van der Waals surface area contributed by atoms with Crippen LogP contribution in [0.1, 0.15) is 22.5 Å². The fourth-order valence-corrected chi connectivity index (χ4v) is 5.09. The van der Waals surface area contributed by atoms with Crippen LogP contribution in [-0.2, 0) is 6.42 Å². The molecule has 0 radical (unpaired) electrons. The Morgan fingerprint density at radius 1 is 0.692 bits per heavy atom. The van der Waals surface area contributed by atoms with Crippen molar-refractivity contribution in [2.45, 2.75) is 12.8 Å². The highest BCUT2D eigenvalue weighted by Crippen LogP contribution is 2.38. The van der Waals surface area contributed by atoms with Crippen LogP contribution in [0.15, 0.2) is 115 Å². The quantitative estimate of drug-likeness (QED) is 0.190. The van der Waals surface area contributed by atoms with E-state index in [1.807, 2.05) is 103 Å². The third kappa shape index (κ3) is 4.94. The summed E-state index contributed by atoms with van der Waals surface area (Å²) in [6, 6.07) is 37.5. The molecule has 0 fully saturated rings. The third-order valence-corrected chi connectivity index (χ3v) is 6.88. The van der Waals surface area contributed by atoms with Crippen LogP contribution in [-0.4, -0.2) is 22.7 Å². The van der Waals surface area contributed by atoms with Gasteiger partial charge in [-0.3, -0.25) is 0 Å². The Morgan fingerprint density at radius 3 is 2.23 bits per heavy atom. The van der Waals surface area contributed by atoms with E-state index in [0.29, 0.717) is 25.2 Å². The van der Waals surface area contributed by atoms with Crippen LogP contribution in [0, 0.1) is 0 Å². The molecular weight excluding hydrogens is 486 g/mol. The molecule has 0 amide bonds. The van der Waals surface area contributed by atoms with E-state index in [1.165, 1.54) is 0 Å². The van der Waals surface area contributed by atoms with E-state index in [2.05, 4.69) is 17.1 Å². The summed E-state index contributed by atoms with van der Waals surface area (Å²) in [6.07, 6.45) is 1.24. The summed E-state index contributed by atoms with van der Waals surface area (Å²) in [5, 5.41) is 13.1. The van der Waals surface area contributed by atoms with Gasteiger partial charge in [0.2, 0.25) is 0 Å². The molecule has 0 aliphatic carbocycles. The van der Waals surface area contributed by atoms with Crippen molar-refractivity contribution in [1.29, 1.82) is 0 Å². The van der Waals surface area contributed by atoms with Crippen molar-refractivity contribution in [3.8, 4) is 28.4 Å². The minimum absolute atomic E-state index is 0.212. The summed E-state index contributed by atoms with van der Waals surface area (Å²) in [5.74, 6) is 1.30. The number of carboxylic acid groups (broad SMARTS) is 1. The second kappa shape index (κ2) is 10.8. The van der Waals surface area contributed by atoms with Gasteiger partial charge < -0.3 is 19.6 Å². The van der Waals surface area contributed by atoms with Crippen molar-refractivity contribution in [3.63, 3.8) is 0 Å². The van der Waals surface area contributed by atoms with Gasteiger partial charge in [0, 0.05) is 21.9 Å². The lowest BCUT2D eigenvalue weighted by Crippen LogP contribution is -2.04. The molecule has 0 aliphatic heterocycles. The molecular formula is C34H27NO4. The Labute approximate surface area is 226 Å². The monoisotopic (exact) mass is 513 g/mol. The fraction of sp³-hybridized carbons (Fsp3) is 0.0882. The van der Waals surface area contributed by atoms with Gasteiger partial charge in [-0.25, -0.2) is 4.79 Å². The maximum absolute atomic E-state index is 12.3. The van der Waals surface area contributed by atoms with Crippen molar-refractivity contribution in [1.82, 2.24) is 4.98 Å². The van der Waals surface area contributed by atoms with Gasteiger partial charge in [0.1, 0.15) is 22.9 Å². The highest BCUT2D eigenvalue weighted by atomic mass is 16.5. The van der Waals surface area contributed by atoms with Crippen molar-refractivity contribution < 1.29 is 19.4 Å². The zero-order valence-electron chi connectivity index (χ0n) is 21.3. The summed E-state index contributed by atoms with van der Waals surface area (Å²) in [6.45, 7) is 0.479. The standard InChI is InChI=1S/C34H27NO4/c36-34(37)33-29(19-10-22-38-30-21-8-12-23-11-4-5-15-25(23)30)28-18-9-17-27(32(28)35-33)26-16-6-7-20-31(26)39-24-13-2-1-3-14-24/h1-9,11-18,20-21,35H,10,19,22H2,(H,36,37). The first-order valence-corrected chi connectivity index (χ1v) is 13.0. The fourth-order valence-electron chi connectivity index (χ4n) is 5.09. The second-order valence-corrected chi connectivity index (χ2v) is 9.35. The predicted octanol–water partition coefficient (Wildman–Crippen LogP) is 8.49. The van der Waals surface area contributed by atoms with E-state index >= 15 is 0 Å². The molecule has 5 heteroatoms. The average Bonchev–Trinajstić information content (AvgIpc) is 3.35. The van der Waals surface area contributed by atoms with Crippen molar-refractivity contribution >= 4 is 27.6 Å². The first-order chi connectivity index (χ1) is 19.2. The van der Waals surface area contributed by atoms with E-state index in [0.717, 1.165) is 49.9 Å². The predicted molar refractivity (Wildman–Crippen MR) is 155 cm³/mol. The first-order valence-electron chi connectivity index (χ1n) is 13.0. The molecule has 5 nitrogen and oxygen atoms in total. The van der Waals surface area contributed by atoms with Crippen LogP contribution in [0.4, 0.5) is 0 Å². The molecule has 6 aromatic rings. The Bertz CT molecular complexity index is 1770. The molecule has 192 valence electrons. The lowest BCUT2D eigenvalue weighted by atomic mass is 9.99. The van der Waals surface area contributed by atoms with Gasteiger partial charge >= 0.3 is 5.97 Å². The first kappa shape index (κ1) is 24.3. The van der Waals surface area contributed by atoms with Gasteiger partial charge in [0.15, 0.2) is 0 Å². The van der Waals surface area contributed by atoms with Crippen molar-refractivity contribution in [2.75, 3.05) is 6.61 Å². The average molecular weight is 514 g/mol. The van der Waals surface area contributed by atoms with E-state index in [4.69, 9.17) is 9.47 Å². The van der Waals surface area contributed by atoms with Crippen LogP contribution in [0.25, 0.3) is 32.8 Å². The number of ether oxygens (including phenoxy) is 2. The molecule has 5 aromatic carbocycles. The highest BCUT2D eigenvalue weighted by molar-refractivity contribution is 6.03. The number of fused-ring (bicyclic) bond motifs is 2. The number of nitrogens with one attached hydrogen (secondary N) is 1. The zero-order valence-corrected chi connectivity index (χ0v) is 21.3. The minimum Gasteiger partial charge on any atom is -0.493 e. The summed E-state index contributed by atoms with van der Waals surface area (Å²) < 4.78 is 12.3. The van der Waals surface area contributed by atoms with E-state index < -0.39 is 5.97 Å². The molecule has 0 aliphatic rings. The number of hydrogen-bond acceptors (Lipinski definition) is 3. The smallest absolute Gasteiger partial charge is 0.352 e. The number of aryl methyl sites for hydroxylation is 1. The van der Waals surface area contributed by atoms with Gasteiger partial charge in [-0.15, -0.1) is 0 Å². The Morgan fingerprint density at radius 2 is 1.36 bits per heavy atom. The maximum Gasteiger partial charge on any atom is 0.352 e. The maximum atomic E-state index is 12.3. The molecule has 2 N–H and O–H groups in total. The van der Waals surface area contributed by atoms with Gasteiger partial charge in [-0.1, -0.05) is 91.0 Å². The third-order valence-electron chi connectivity index (χ3n) is 6.88. The Kier molecular flexibility index (Phi) is 6.71. The van der Waals surface area contributed by atoms with Crippen LogP contribution in [0.5, 0.6) is 17.2 Å². The van der Waals surface area contributed by atoms with Gasteiger partial charge in [0.05, 0.1) is 12.1 Å². The molecule has 0 bridgehead atoms. The lowest BCUT2D eigenvalue weighted by Gasteiger charge is -2.12. The lowest BCUT2D eigenvalue weighted by molar-refractivity contribution is 0.0690.